The summed E-state index contributed by atoms with van der Waals surface area (Å²) in [5.74, 6) is -0.232. The number of rotatable bonds is 12. The molecule has 2 rings (SSSR count). The molecule has 0 saturated carbocycles. The molecule has 27 heavy (non-hydrogen) atoms. The van der Waals surface area contributed by atoms with Gasteiger partial charge >= 0.3 is 0 Å². The molecule has 0 N–H and O–H groups in total. The predicted molar refractivity (Wildman–Crippen MR) is 111 cm³/mol. The summed E-state index contributed by atoms with van der Waals surface area (Å²) in [5, 5.41) is 4.38. The third-order valence-corrected chi connectivity index (χ3v) is 4.72. The first-order chi connectivity index (χ1) is 13.2. The fraction of sp³-hybridized carbons (Fsp3) is 0.435. The maximum Gasteiger partial charge on any atom is 0.129 e. The van der Waals surface area contributed by atoms with Crippen molar-refractivity contribution in [1.29, 1.82) is 0 Å². The molecule has 0 aromatic heterocycles. The third-order valence-electron chi connectivity index (χ3n) is 4.72. The van der Waals surface area contributed by atoms with Crippen LogP contribution in [0.25, 0.3) is 0 Å². The maximum atomic E-state index is 13.2. The number of likely N-dealkylation sites (N-methyl/N-ethyl adjacent to an activating group) is 1. The van der Waals surface area contributed by atoms with E-state index in [1.165, 1.54) is 17.7 Å². The first-order valence-corrected chi connectivity index (χ1v) is 9.94. The van der Waals surface area contributed by atoms with Gasteiger partial charge in [0.15, 0.2) is 0 Å². The van der Waals surface area contributed by atoms with Crippen molar-refractivity contribution in [3.63, 3.8) is 0 Å². The van der Waals surface area contributed by atoms with Gasteiger partial charge < -0.3 is 9.74 Å². The van der Waals surface area contributed by atoms with E-state index in [9.17, 15) is 4.39 Å². The Hall–Kier alpha value is -2.20. The fourth-order valence-electron chi connectivity index (χ4n) is 2.98. The van der Waals surface area contributed by atoms with Gasteiger partial charge in [0, 0.05) is 6.54 Å². The molecule has 0 aliphatic carbocycles. The van der Waals surface area contributed by atoms with E-state index in [0.717, 1.165) is 56.6 Å². The Balaban J connectivity index is 1.88. The normalized spacial score (nSPS) is 11.8. The van der Waals surface area contributed by atoms with Gasteiger partial charge in [-0.25, -0.2) is 4.39 Å². The van der Waals surface area contributed by atoms with Crippen LogP contribution in [0.2, 0.25) is 0 Å². The molecule has 0 bridgehead atoms. The molecular weight excluding hydrogens is 339 g/mol. The molecule has 0 unspecified atom stereocenters. The summed E-state index contributed by atoms with van der Waals surface area (Å²) in [7, 11) is 0. The van der Waals surface area contributed by atoms with Crippen molar-refractivity contribution >= 4 is 5.71 Å². The molecule has 0 radical (unpaired) electrons. The largest absolute Gasteiger partial charge is 0.394 e. The van der Waals surface area contributed by atoms with Gasteiger partial charge in [-0.05, 0) is 62.0 Å². The molecule has 0 spiro atoms. The quantitative estimate of drug-likeness (QED) is 0.288. The summed E-state index contributed by atoms with van der Waals surface area (Å²) in [5.41, 5.74) is 3.18. The van der Waals surface area contributed by atoms with E-state index >= 15 is 0 Å². The lowest BCUT2D eigenvalue weighted by Crippen LogP contribution is -2.26. The van der Waals surface area contributed by atoms with Gasteiger partial charge in [0.05, 0.1) is 5.71 Å². The lowest BCUT2D eigenvalue weighted by atomic mass is 10.0. The van der Waals surface area contributed by atoms with Crippen LogP contribution in [0.15, 0.2) is 59.8 Å². The molecule has 2 aromatic rings. The van der Waals surface area contributed by atoms with Crippen molar-refractivity contribution in [3.05, 3.63) is 71.5 Å². The Morgan fingerprint density at radius 2 is 1.67 bits per heavy atom. The third kappa shape index (κ3) is 7.92. The van der Waals surface area contributed by atoms with E-state index < -0.39 is 0 Å². The molecule has 0 aliphatic heterocycles. The van der Waals surface area contributed by atoms with E-state index in [2.05, 4.69) is 48.2 Å². The Bertz CT molecular complexity index is 667. The van der Waals surface area contributed by atoms with Gasteiger partial charge in [-0.3, -0.25) is 0 Å². The van der Waals surface area contributed by atoms with E-state index in [-0.39, 0.29) is 5.82 Å². The van der Waals surface area contributed by atoms with E-state index in [1.54, 1.807) is 12.1 Å². The molecular formula is C23H31FN2O. The van der Waals surface area contributed by atoms with Crippen LogP contribution in [0.4, 0.5) is 4.39 Å². The molecule has 4 heteroatoms. The number of benzene rings is 2. The number of hydrogen-bond acceptors (Lipinski definition) is 3. The SMILES string of the molecule is CCN(CC)CCON=C(CCCCc1ccccc1)c1ccc(F)cc1. The number of aryl methyl sites for hydroxylation is 1. The zero-order valence-electron chi connectivity index (χ0n) is 16.5. The molecule has 146 valence electrons. The number of hydrogen-bond donors (Lipinski definition) is 0. The van der Waals surface area contributed by atoms with Crippen LogP contribution in [0.1, 0.15) is 44.2 Å². The van der Waals surface area contributed by atoms with Crippen LogP contribution in [-0.2, 0) is 11.3 Å². The van der Waals surface area contributed by atoms with Gasteiger partial charge in [-0.15, -0.1) is 0 Å². The van der Waals surface area contributed by atoms with Gasteiger partial charge in [0.1, 0.15) is 12.4 Å². The second kappa shape index (κ2) is 12.2. The molecule has 0 atom stereocenters. The van der Waals surface area contributed by atoms with Crippen molar-refractivity contribution in [2.75, 3.05) is 26.2 Å². The van der Waals surface area contributed by atoms with Crippen molar-refractivity contribution in [3.8, 4) is 0 Å². The molecule has 0 saturated heterocycles. The summed E-state index contributed by atoms with van der Waals surface area (Å²) >= 11 is 0. The highest BCUT2D eigenvalue weighted by Gasteiger charge is 2.06. The Labute approximate surface area is 162 Å². The van der Waals surface area contributed by atoms with E-state index in [1.807, 2.05) is 6.07 Å². The molecule has 0 fully saturated rings. The first kappa shape index (κ1) is 21.1. The highest BCUT2D eigenvalue weighted by molar-refractivity contribution is 6.00. The van der Waals surface area contributed by atoms with Crippen molar-refractivity contribution in [1.82, 2.24) is 4.90 Å². The zero-order chi connectivity index (χ0) is 19.3. The summed E-state index contributed by atoms with van der Waals surface area (Å²) in [6.45, 7) is 7.73. The van der Waals surface area contributed by atoms with E-state index in [4.69, 9.17) is 4.84 Å². The summed E-state index contributed by atoms with van der Waals surface area (Å²) in [6.07, 6.45) is 3.98. The standard InChI is InChI=1S/C23H31FN2O/c1-3-26(4-2)18-19-27-25-23(21-14-16-22(24)17-15-21)13-9-8-12-20-10-6-5-7-11-20/h5-7,10-11,14-17H,3-4,8-9,12-13,18-19H2,1-2H3. The van der Waals surface area contributed by atoms with Gasteiger partial charge in [-0.2, -0.15) is 0 Å². The second-order valence-electron chi connectivity index (χ2n) is 6.60. The highest BCUT2D eigenvalue weighted by Crippen LogP contribution is 2.12. The minimum absolute atomic E-state index is 0.232. The lowest BCUT2D eigenvalue weighted by Gasteiger charge is -2.16. The minimum Gasteiger partial charge on any atom is -0.394 e. The topological polar surface area (TPSA) is 24.8 Å². The Morgan fingerprint density at radius 1 is 0.963 bits per heavy atom. The maximum absolute atomic E-state index is 13.2. The highest BCUT2D eigenvalue weighted by atomic mass is 19.1. The van der Waals surface area contributed by atoms with E-state index in [0.29, 0.717) is 6.61 Å². The minimum atomic E-state index is -0.232. The van der Waals surface area contributed by atoms with Crippen LogP contribution in [-0.4, -0.2) is 36.9 Å². The monoisotopic (exact) mass is 370 g/mol. The van der Waals surface area contributed by atoms with Crippen LogP contribution in [0.5, 0.6) is 0 Å². The van der Waals surface area contributed by atoms with Gasteiger partial charge in [0.2, 0.25) is 0 Å². The molecule has 0 aliphatic rings. The predicted octanol–water partition coefficient (Wildman–Crippen LogP) is 5.30. The van der Waals surface area contributed by atoms with Crippen LogP contribution in [0, 0.1) is 5.82 Å². The van der Waals surface area contributed by atoms with Crippen LogP contribution in [0.3, 0.4) is 0 Å². The number of unbranched alkanes of at least 4 members (excludes halogenated alkanes) is 1. The molecule has 0 heterocycles. The average molecular weight is 371 g/mol. The van der Waals surface area contributed by atoms with Gasteiger partial charge in [0.25, 0.3) is 0 Å². The fourth-order valence-corrected chi connectivity index (χ4v) is 2.98. The first-order valence-electron chi connectivity index (χ1n) is 9.94. The Kier molecular flexibility index (Phi) is 9.56. The molecule has 0 amide bonds. The molecule has 2 aromatic carbocycles. The average Bonchev–Trinajstić information content (AvgIpc) is 2.71. The molecule has 3 nitrogen and oxygen atoms in total. The lowest BCUT2D eigenvalue weighted by molar-refractivity contribution is 0.114. The smallest absolute Gasteiger partial charge is 0.129 e. The summed E-state index contributed by atoms with van der Waals surface area (Å²) in [4.78, 5) is 7.88. The number of oxime groups is 1. The van der Waals surface area contributed by atoms with Crippen LogP contribution >= 0.6 is 0 Å². The van der Waals surface area contributed by atoms with Gasteiger partial charge in [-0.1, -0.05) is 61.5 Å². The summed E-state index contributed by atoms with van der Waals surface area (Å²) in [6, 6.07) is 17.0. The van der Waals surface area contributed by atoms with Crippen molar-refractivity contribution < 1.29 is 9.23 Å². The van der Waals surface area contributed by atoms with Crippen molar-refractivity contribution in [2.45, 2.75) is 39.5 Å². The summed E-state index contributed by atoms with van der Waals surface area (Å²) < 4.78 is 13.2. The Morgan fingerprint density at radius 3 is 2.33 bits per heavy atom. The zero-order valence-corrected chi connectivity index (χ0v) is 16.5. The number of nitrogens with zero attached hydrogens (tertiary/aromatic N) is 2. The van der Waals surface area contributed by atoms with Crippen LogP contribution < -0.4 is 0 Å². The number of halogens is 1. The second-order valence-corrected chi connectivity index (χ2v) is 6.60. The van der Waals surface area contributed by atoms with Crippen molar-refractivity contribution in [2.24, 2.45) is 5.16 Å².